The van der Waals surface area contributed by atoms with Crippen LogP contribution < -0.4 is 0 Å². The Labute approximate surface area is 143 Å². The van der Waals surface area contributed by atoms with E-state index in [1.165, 1.54) is 0 Å². The first kappa shape index (κ1) is 16.7. The van der Waals surface area contributed by atoms with Crippen LogP contribution in [0.1, 0.15) is 30.0 Å². The van der Waals surface area contributed by atoms with Gasteiger partial charge in [0.15, 0.2) is 0 Å². The monoisotopic (exact) mass is 326 g/mol. The number of piperazine rings is 1. The molecule has 1 aliphatic rings. The van der Waals surface area contributed by atoms with Crippen LogP contribution in [-0.4, -0.2) is 57.5 Å². The molecule has 0 radical (unpaired) electrons. The minimum atomic E-state index is 0.144. The SMILES string of the molecule is CCc1nccn1C[C@H](C)N1CCN(C(=O)c2ccccc2)CC1. The molecule has 1 fully saturated rings. The van der Waals surface area contributed by atoms with Crippen LogP contribution in [0.3, 0.4) is 0 Å². The third-order valence-corrected chi connectivity index (χ3v) is 4.82. The van der Waals surface area contributed by atoms with Crippen LogP contribution in [0.5, 0.6) is 0 Å². The smallest absolute Gasteiger partial charge is 0.253 e. The van der Waals surface area contributed by atoms with Crippen LogP contribution in [0.4, 0.5) is 0 Å². The van der Waals surface area contributed by atoms with Crippen molar-refractivity contribution in [3.05, 3.63) is 54.1 Å². The number of nitrogens with zero attached hydrogens (tertiary/aromatic N) is 4. The van der Waals surface area contributed by atoms with Crippen LogP contribution in [0.2, 0.25) is 0 Å². The highest BCUT2D eigenvalue weighted by Crippen LogP contribution is 2.12. The Kier molecular flexibility index (Phi) is 5.30. The number of hydrogen-bond acceptors (Lipinski definition) is 3. The first-order valence-electron chi connectivity index (χ1n) is 8.77. The molecule has 1 aromatic carbocycles. The zero-order valence-electron chi connectivity index (χ0n) is 14.6. The second-order valence-corrected chi connectivity index (χ2v) is 6.39. The highest BCUT2D eigenvalue weighted by Gasteiger charge is 2.25. The van der Waals surface area contributed by atoms with Crippen LogP contribution >= 0.6 is 0 Å². The van der Waals surface area contributed by atoms with Crippen molar-refractivity contribution < 1.29 is 4.79 Å². The number of carbonyl (C=O) groups excluding carboxylic acids is 1. The van der Waals surface area contributed by atoms with Crippen LogP contribution in [0.15, 0.2) is 42.7 Å². The predicted octanol–water partition coefficient (Wildman–Crippen LogP) is 2.29. The summed E-state index contributed by atoms with van der Waals surface area (Å²) in [6, 6.07) is 10.0. The molecule has 24 heavy (non-hydrogen) atoms. The summed E-state index contributed by atoms with van der Waals surface area (Å²) in [5.41, 5.74) is 0.782. The molecule has 2 aromatic rings. The standard InChI is InChI=1S/C19H26N4O/c1-3-18-20-9-10-23(18)15-16(2)21-11-13-22(14-12-21)19(24)17-7-5-4-6-8-17/h4-10,16H,3,11-15H2,1-2H3/t16-/m0/s1. The molecule has 1 amide bonds. The fourth-order valence-corrected chi connectivity index (χ4v) is 3.35. The van der Waals surface area contributed by atoms with E-state index in [0.717, 1.165) is 50.5 Å². The molecule has 5 heteroatoms. The van der Waals surface area contributed by atoms with Gasteiger partial charge in [-0.2, -0.15) is 0 Å². The van der Waals surface area contributed by atoms with E-state index < -0.39 is 0 Å². The van der Waals surface area contributed by atoms with Crippen molar-refractivity contribution in [2.45, 2.75) is 32.9 Å². The molecular weight excluding hydrogens is 300 g/mol. The zero-order chi connectivity index (χ0) is 16.9. The normalized spacial score (nSPS) is 17.0. The molecule has 0 spiro atoms. The molecule has 0 N–H and O–H groups in total. The summed E-state index contributed by atoms with van der Waals surface area (Å²) in [4.78, 5) is 21.3. The van der Waals surface area contributed by atoms with E-state index in [2.05, 4.69) is 34.5 Å². The maximum absolute atomic E-state index is 12.5. The van der Waals surface area contributed by atoms with E-state index in [-0.39, 0.29) is 5.91 Å². The Bertz CT molecular complexity index is 659. The van der Waals surface area contributed by atoms with Gasteiger partial charge >= 0.3 is 0 Å². The number of rotatable bonds is 5. The fraction of sp³-hybridized carbons (Fsp3) is 0.474. The van der Waals surface area contributed by atoms with E-state index in [0.29, 0.717) is 6.04 Å². The van der Waals surface area contributed by atoms with E-state index in [9.17, 15) is 4.79 Å². The van der Waals surface area contributed by atoms with Gasteiger partial charge in [0, 0.05) is 63.1 Å². The molecule has 128 valence electrons. The lowest BCUT2D eigenvalue weighted by Crippen LogP contribution is -2.52. The summed E-state index contributed by atoms with van der Waals surface area (Å²) in [7, 11) is 0. The van der Waals surface area contributed by atoms with Crippen molar-refractivity contribution in [3.8, 4) is 0 Å². The number of benzene rings is 1. The maximum atomic E-state index is 12.5. The molecule has 5 nitrogen and oxygen atoms in total. The summed E-state index contributed by atoms with van der Waals surface area (Å²) in [6.07, 6.45) is 4.89. The lowest BCUT2D eigenvalue weighted by atomic mass is 10.1. The summed E-state index contributed by atoms with van der Waals surface area (Å²) in [6.45, 7) is 8.79. The second kappa shape index (κ2) is 7.62. The van der Waals surface area contributed by atoms with E-state index in [1.54, 1.807) is 0 Å². The van der Waals surface area contributed by atoms with Gasteiger partial charge in [0.05, 0.1) is 0 Å². The summed E-state index contributed by atoms with van der Waals surface area (Å²) >= 11 is 0. The number of imidazole rings is 1. The van der Waals surface area contributed by atoms with Crippen molar-refractivity contribution in [2.24, 2.45) is 0 Å². The summed E-state index contributed by atoms with van der Waals surface area (Å²) in [5.74, 6) is 1.28. The van der Waals surface area contributed by atoms with Crippen LogP contribution in [0, 0.1) is 0 Å². The highest BCUT2D eigenvalue weighted by molar-refractivity contribution is 5.94. The fourth-order valence-electron chi connectivity index (χ4n) is 3.35. The van der Waals surface area contributed by atoms with Gasteiger partial charge < -0.3 is 9.47 Å². The molecule has 0 saturated carbocycles. The number of aryl methyl sites for hydroxylation is 1. The first-order valence-corrected chi connectivity index (χ1v) is 8.77. The number of amides is 1. The molecule has 0 unspecified atom stereocenters. The minimum absolute atomic E-state index is 0.144. The molecule has 0 bridgehead atoms. The van der Waals surface area contributed by atoms with Crippen LogP contribution in [0.25, 0.3) is 0 Å². The summed E-state index contributed by atoms with van der Waals surface area (Å²) < 4.78 is 2.24. The molecule has 1 aromatic heterocycles. The zero-order valence-corrected chi connectivity index (χ0v) is 14.6. The molecule has 1 aliphatic heterocycles. The third kappa shape index (κ3) is 3.67. The minimum Gasteiger partial charge on any atom is -0.336 e. The van der Waals surface area contributed by atoms with Crippen molar-refractivity contribution in [1.82, 2.24) is 19.4 Å². The average Bonchev–Trinajstić information content (AvgIpc) is 3.09. The van der Waals surface area contributed by atoms with Crippen molar-refractivity contribution in [2.75, 3.05) is 26.2 Å². The molecule has 0 aliphatic carbocycles. The van der Waals surface area contributed by atoms with Gasteiger partial charge in [-0.05, 0) is 19.1 Å². The van der Waals surface area contributed by atoms with Gasteiger partial charge in [-0.25, -0.2) is 4.98 Å². The van der Waals surface area contributed by atoms with Crippen molar-refractivity contribution in [3.63, 3.8) is 0 Å². The van der Waals surface area contributed by atoms with E-state index >= 15 is 0 Å². The molecular formula is C19H26N4O. The average molecular weight is 326 g/mol. The van der Waals surface area contributed by atoms with Crippen molar-refractivity contribution in [1.29, 1.82) is 0 Å². The Morgan fingerprint density at radius 1 is 1.17 bits per heavy atom. The van der Waals surface area contributed by atoms with Gasteiger partial charge in [-0.3, -0.25) is 9.69 Å². The largest absolute Gasteiger partial charge is 0.336 e. The van der Waals surface area contributed by atoms with Gasteiger partial charge in [0.25, 0.3) is 5.91 Å². The molecule has 3 rings (SSSR count). The van der Waals surface area contributed by atoms with Gasteiger partial charge in [-0.15, -0.1) is 0 Å². The van der Waals surface area contributed by atoms with Gasteiger partial charge in [0.2, 0.25) is 0 Å². The molecule has 2 heterocycles. The van der Waals surface area contributed by atoms with Gasteiger partial charge in [-0.1, -0.05) is 25.1 Å². The third-order valence-electron chi connectivity index (χ3n) is 4.82. The Hall–Kier alpha value is -2.14. The quantitative estimate of drug-likeness (QED) is 0.846. The number of carbonyl (C=O) groups is 1. The summed E-state index contributed by atoms with van der Waals surface area (Å²) in [5, 5.41) is 0. The lowest BCUT2D eigenvalue weighted by Gasteiger charge is -2.38. The number of hydrogen-bond donors (Lipinski definition) is 0. The van der Waals surface area contributed by atoms with E-state index in [1.807, 2.05) is 41.4 Å². The van der Waals surface area contributed by atoms with E-state index in [4.69, 9.17) is 0 Å². The predicted molar refractivity (Wildman–Crippen MR) is 95.0 cm³/mol. The Morgan fingerprint density at radius 2 is 1.88 bits per heavy atom. The molecule has 1 atom stereocenters. The lowest BCUT2D eigenvalue weighted by molar-refractivity contribution is 0.0567. The highest BCUT2D eigenvalue weighted by atomic mass is 16.2. The Balaban J connectivity index is 1.54. The van der Waals surface area contributed by atoms with Crippen LogP contribution in [-0.2, 0) is 13.0 Å². The topological polar surface area (TPSA) is 41.4 Å². The molecule has 1 saturated heterocycles. The number of aromatic nitrogens is 2. The second-order valence-electron chi connectivity index (χ2n) is 6.39. The van der Waals surface area contributed by atoms with Crippen molar-refractivity contribution >= 4 is 5.91 Å². The van der Waals surface area contributed by atoms with Gasteiger partial charge in [0.1, 0.15) is 5.82 Å². The Morgan fingerprint density at radius 3 is 2.54 bits per heavy atom. The first-order chi connectivity index (χ1) is 11.7. The maximum Gasteiger partial charge on any atom is 0.253 e.